The Morgan fingerprint density at radius 2 is 1.86 bits per heavy atom. The van der Waals surface area contributed by atoms with Crippen LogP contribution in [0, 0.1) is 6.92 Å². The largest absolute Gasteiger partial charge is 0.508 e. The summed E-state index contributed by atoms with van der Waals surface area (Å²) in [6, 6.07) is 12.2. The third kappa shape index (κ3) is 2.65. The molecule has 1 aromatic heterocycles. The molecule has 0 spiro atoms. The van der Waals surface area contributed by atoms with E-state index in [4.69, 9.17) is 16.0 Å². The number of halogens is 1. The summed E-state index contributed by atoms with van der Waals surface area (Å²) >= 11 is 5.87. The van der Waals surface area contributed by atoms with Crippen molar-refractivity contribution in [1.29, 1.82) is 0 Å². The lowest BCUT2D eigenvalue weighted by molar-refractivity contribution is 0.472. The molecule has 0 aliphatic rings. The van der Waals surface area contributed by atoms with Crippen molar-refractivity contribution in [3.8, 4) is 5.75 Å². The molecule has 0 aliphatic heterocycles. The number of aromatic hydroxyl groups is 1. The maximum absolute atomic E-state index is 12.2. The van der Waals surface area contributed by atoms with E-state index in [0.29, 0.717) is 22.6 Å². The molecule has 1 N–H and O–H groups in total. The topological polar surface area (TPSA) is 50.4 Å². The predicted molar refractivity (Wildman–Crippen MR) is 83.1 cm³/mol. The van der Waals surface area contributed by atoms with Crippen molar-refractivity contribution in [1.82, 2.24) is 0 Å². The zero-order valence-electron chi connectivity index (χ0n) is 11.4. The Kier molecular flexibility index (Phi) is 3.43. The smallest absolute Gasteiger partial charge is 0.340 e. The molecule has 0 atom stereocenters. The molecule has 2 aromatic carbocycles. The molecule has 4 heteroatoms. The van der Waals surface area contributed by atoms with Crippen LogP contribution in [0.2, 0.25) is 5.02 Å². The molecule has 106 valence electrons. The second-order valence-corrected chi connectivity index (χ2v) is 5.41. The van der Waals surface area contributed by atoms with Gasteiger partial charge in [-0.3, -0.25) is 0 Å². The third-order valence-corrected chi connectivity index (χ3v) is 3.82. The van der Waals surface area contributed by atoms with Crippen molar-refractivity contribution in [3.63, 3.8) is 0 Å². The van der Waals surface area contributed by atoms with Gasteiger partial charge >= 0.3 is 5.63 Å². The van der Waals surface area contributed by atoms with Crippen molar-refractivity contribution in [3.05, 3.63) is 74.6 Å². The van der Waals surface area contributed by atoms with Gasteiger partial charge in [0.25, 0.3) is 0 Å². The molecule has 3 rings (SSSR count). The van der Waals surface area contributed by atoms with E-state index in [-0.39, 0.29) is 11.4 Å². The fourth-order valence-corrected chi connectivity index (χ4v) is 2.52. The number of phenolic OH excluding ortho intramolecular Hbond substituents is 1. The maximum atomic E-state index is 12.2. The van der Waals surface area contributed by atoms with Crippen molar-refractivity contribution < 1.29 is 9.52 Å². The zero-order valence-corrected chi connectivity index (χ0v) is 12.1. The highest BCUT2D eigenvalue weighted by Gasteiger charge is 2.12. The number of aryl methyl sites for hydroxylation is 1. The van der Waals surface area contributed by atoms with Crippen LogP contribution in [0.15, 0.2) is 51.7 Å². The van der Waals surface area contributed by atoms with Gasteiger partial charge in [-0.1, -0.05) is 23.7 Å². The Morgan fingerprint density at radius 1 is 1.14 bits per heavy atom. The maximum Gasteiger partial charge on any atom is 0.340 e. The van der Waals surface area contributed by atoms with Gasteiger partial charge in [0.2, 0.25) is 0 Å². The SMILES string of the molecule is Cc1c(Cc2ccc(Cl)cc2)c(=O)oc2cc(O)ccc12. The van der Waals surface area contributed by atoms with E-state index in [1.165, 1.54) is 6.07 Å². The van der Waals surface area contributed by atoms with E-state index in [1.807, 2.05) is 19.1 Å². The predicted octanol–water partition coefficient (Wildman–Crippen LogP) is 4.05. The van der Waals surface area contributed by atoms with Gasteiger partial charge in [-0.15, -0.1) is 0 Å². The third-order valence-electron chi connectivity index (χ3n) is 3.57. The van der Waals surface area contributed by atoms with Crippen LogP contribution < -0.4 is 5.63 Å². The van der Waals surface area contributed by atoms with Crippen LogP contribution in [0.4, 0.5) is 0 Å². The molecule has 21 heavy (non-hydrogen) atoms. The van der Waals surface area contributed by atoms with Gasteiger partial charge in [-0.2, -0.15) is 0 Å². The molecular weight excluding hydrogens is 288 g/mol. The average molecular weight is 301 g/mol. The first-order valence-electron chi connectivity index (χ1n) is 6.54. The normalized spacial score (nSPS) is 11.0. The minimum absolute atomic E-state index is 0.0792. The number of benzene rings is 2. The summed E-state index contributed by atoms with van der Waals surface area (Å²) in [5.41, 5.74) is 2.51. The minimum Gasteiger partial charge on any atom is -0.508 e. The Hall–Kier alpha value is -2.26. The van der Waals surface area contributed by atoms with Crippen LogP contribution >= 0.6 is 11.6 Å². The molecule has 0 amide bonds. The van der Waals surface area contributed by atoms with Gasteiger partial charge in [-0.05, 0) is 42.3 Å². The molecule has 0 fully saturated rings. The highest BCUT2D eigenvalue weighted by atomic mass is 35.5. The summed E-state index contributed by atoms with van der Waals surface area (Å²) in [6.45, 7) is 1.89. The van der Waals surface area contributed by atoms with E-state index in [2.05, 4.69) is 0 Å². The van der Waals surface area contributed by atoms with Crippen LogP contribution in [-0.2, 0) is 6.42 Å². The number of hydrogen-bond donors (Lipinski definition) is 1. The molecule has 0 saturated carbocycles. The van der Waals surface area contributed by atoms with Crippen molar-refractivity contribution in [2.45, 2.75) is 13.3 Å². The summed E-state index contributed by atoms with van der Waals surface area (Å²) in [5.74, 6) is 0.0792. The summed E-state index contributed by atoms with van der Waals surface area (Å²) in [5, 5.41) is 11.0. The minimum atomic E-state index is -0.374. The van der Waals surface area contributed by atoms with Crippen molar-refractivity contribution in [2.24, 2.45) is 0 Å². The van der Waals surface area contributed by atoms with E-state index >= 15 is 0 Å². The summed E-state index contributed by atoms with van der Waals surface area (Å²) in [4.78, 5) is 12.2. The highest BCUT2D eigenvalue weighted by Crippen LogP contribution is 2.24. The van der Waals surface area contributed by atoms with E-state index in [0.717, 1.165) is 16.5 Å². The van der Waals surface area contributed by atoms with Gasteiger partial charge in [0.15, 0.2) is 0 Å². The summed E-state index contributed by atoms with van der Waals surface area (Å²) < 4.78 is 5.31. The van der Waals surface area contributed by atoms with Gasteiger partial charge in [-0.25, -0.2) is 4.79 Å². The first-order chi connectivity index (χ1) is 10.0. The van der Waals surface area contributed by atoms with Gasteiger partial charge in [0.1, 0.15) is 11.3 Å². The molecule has 3 nitrogen and oxygen atoms in total. The Labute approximate surface area is 126 Å². The number of fused-ring (bicyclic) bond motifs is 1. The first kappa shape index (κ1) is 13.7. The average Bonchev–Trinajstić information content (AvgIpc) is 2.45. The zero-order chi connectivity index (χ0) is 15.0. The lowest BCUT2D eigenvalue weighted by Crippen LogP contribution is -2.10. The first-order valence-corrected chi connectivity index (χ1v) is 6.92. The van der Waals surface area contributed by atoms with Crippen molar-refractivity contribution >= 4 is 22.6 Å². The van der Waals surface area contributed by atoms with E-state index < -0.39 is 0 Å². The number of hydrogen-bond acceptors (Lipinski definition) is 3. The number of phenols is 1. The van der Waals surface area contributed by atoms with Crippen LogP contribution in [0.25, 0.3) is 11.0 Å². The lowest BCUT2D eigenvalue weighted by atomic mass is 10.00. The van der Waals surface area contributed by atoms with Crippen molar-refractivity contribution in [2.75, 3.05) is 0 Å². The summed E-state index contributed by atoms with van der Waals surface area (Å²) in [7, 11) is 0. The molecule has 0 radical (unpaired) electrons. The standard InChI is InChI=1S/C17H13ClO3/c1-10-14-7-6-13(19)9-16(14)21-17(20)15(10)8-11-2-4-12(18)5-3-11/h2-7,9,19H,8H2,1H3. The Bertz CT molecular complexity index is 864. The fraction of sp³-hybridized carbons (Fsp3) is 0.118. The van der Waals surface area contributed by atoms with Gasteiger partial charge < -0.3 is 9.52 Å². The second-order valence-electron chi connectivity index (χ2n) is 4.98. The van der Waals surface area contributed by atoms with E-state index in [9.17, 15) is 9.90 Å². The Balaban J connectivity index is 2.12. The number of rotatable bonds is 2. The van der Waals surface area contributed by atoms with Crippen LogP contribution in [-0.4, -0.2) is 5.11 Å². The van der Waals surface area contributed by atoms with Crippen LogP contribution in [0.1, 0.15) is 16.7 Å². The van der Waals surface area contributed by atoms with Gasteiger partial charge in [0.05, 0.1) is 0 Å². The fourth-order valence-electron chi connectivity index (χ4n) is 2.39. The highest BCUT2D eigenvalue weighted by molar-refractivity contribution is 6.30. The lowest BCUT2D eigenvalue weighted by Gasteiger charge is -2.08. The van der Waals surface area contributed by atoms with E-state index in [1.54, 1.807) is 24.3 Å². The van der Waals surface area contributed by atoms with Crippen LogP contribution in [0.5, 0.6) is 5.75 Å². The molecule has 0 aliphatic carbocycles. The second kappa shape index (κ2) is 5.26. The van der Waals surface area contributed by atoms with Gasteiger partial charge in [0, 0.05) is 28.5 Å². The molecule has 1 heterocycles. The molecule has 0 saturated heterocycles. The Morgan fingerprint density at radius 3 is 2.57 bits per heavy atom. The quantitative estimate of drug-likeness (QED) is 0.726. The molecular formula is C17H13ClO3. The summed E-state index contributed by atoms with van der Waals surface area (Å²) in [6.07, 6.45) is 0.488. The van der Waals surface area contributed by atoms with Crippen LogP contribution in [0.3, 0.4) is 0 Å². The monoisotopic (exact) mass is 300 g/mol. The molecule has 0 bridgehead atoms. The molecule has 0 unspecified atom stereocenters. The molecule has 3 aromatic rings.